The fourth-order valence-electron chi connectivity index (χ4n) is 2.85. The van der Waals surface area contributed by atoms with Crippen molar-refractivity contribution in [3.63, 3.8) is 0 Å². The van der Waals surface area contributed by atoms with Gasteiger partial charge in [0.25, 0.3) is 0 Å². The maximum atomic E-state index is 12.9. The molecule has 1 aromatic carbocycles. The third kappa shape index (κ3) is 7.38. The van der Waals surface area contributed by atoms with Crippen LogP contribution in [0.4, 0.5) is 19.4 Å². The lowest BCUT2D eigenvalue weighted by atomic mass is 10.2. The second-order valence-electron chi connectivity index (χ2n) is 7.66. The molecule has 12 heteroatoms. The fourth-order valence-corrected chi connectivity index (χ4v) is 4.15. The summed E-state index contributed by atoms with van der Waals surface area (Å²) in [4.78, 5) is 9.45. The molecule has 0 aliphatic heterocycles. The van der Waals surface area contributed by atoms with Gasteiger partial charge in [0, 0.05) is 18.4 Å². The van der Waals surface area contributed by atoms with E-state index in [1.807, 2.05) is 0 Å². The predicted octanol–water partition coefficient (Wildman–Crippen LogP) is 8.15. The minimum absolute atomic E-state index is 0.158. The number of halogens is 5. The summed E-state index contributed by atoms with van der Waals surface area (Å²) in [5.41, 5.74) is 0.219. The Labute approximate surface area is 193 Å². The van der Waals surface area contributed by atoms with Crippen LogP contribution >= 0.6 is 34.7 Å². The van der Waals surface area contributed by atoms with Crippen LogP contribution in [0.3, 0.4) is 0 Å². The first kappa shape index (κ1) is 26.5. The normalized spacial score (nSPS) is 14.1. The van der Waals surface area contributed by atoms with Crippen molar-refractivity contribution in [3.8, 4) is 5.69 Å². The van der Waals surface area contributed by atoms with Gasteiger partial charge in [0.2, 0.25) is 0 Å². The van der Waals surface area contributed by atoms with E-state index in [4.69, 9.17) is 29.2 Å². The van der Waals surface area contributed by atoms with E-state index in [0.29, 0.717) is 29.9 Å². The van der Waals surface area contributed by atoms with Gasteiger partial charge in [0.15, 0.2) is 4.77 Å². The zero-order valence-corrected chi connectivity index (χ0v) is 20.1. The number of carbonyl (C=O) groups excluding carboxylic acids is 1. The lowest BCUT2D eigenvalue weighted by Crippen LogP contribution is -2.12. The average Bonchev–Trinajstić information content (AvgIpc) is 2.67. The molecule has 0 saturated heterocycles. The molecule has 0 atom stereocenters. The molecular weight excluding hydrogens is 491 g/mol. The van der Waals surface area contributed by atoms with Crippen molar-refractivity contribution in [2.75, 3.05) is 6.61 Å². The Bertz CT molecular complexity index is 1080. The smallest absolute Gasteiger partial charge is 0.310 e. The molecule has 2 aromatic rings. The van der Waals surface area contributed by atoms with Crippen LogP contribution in [0.1, 0.15) is 39.5 Å². The van der Waals surface area contributed by atoms with Crippen LogP contribution < -0.4 is 0 Å². The lowest BCUT2D eigenvalue weighted by molar-refractivity contribution is -0.147. The Kier molecular flexibility index (Phi) is 7.62. The summed E-state index contributed by atoms with van der Waals surface area (Å²) in [7, 11) is -9.73. The van der Waals surface area contributed by atoms with Crippen LogP contribution in [0.25, 0.3) is 5.69 Å². The SMILES string of the molecule is CC(C)C(=O)OCCCCCCn1c(=S)ccn(-c2ccc(S(F)(F)(F)(F)F)cc2)c1=S. The van der Waals surface area contributed by atoms with E-state index in [1.54, 1.807) is 24.5 Å². The summed E-state index contributed by atoms with van der Waals surface area (Å²) in [6.07, 6.45) is 4.65. The molecule has 0 spiro atoms. The number of unbranched alkanes of at least 4 members (excludes halogenated alkanes) is 3. The summed E-state index contributed by atoms with van der Waals surface area (Å²) in [6.45, 7) is 4.40. The van der Waals surface area contributed by atoms with Gasteiger partial charge in [-0.15, -0.1) is 0 Å². The van der Waals surface area contributed by atoms with Crippen LogP contribution in [-0.2, 0) is 16.1 Å². The molecule has 1 aromatic heterocycles. The van der Waals surface area contributed by atoms with Crippen molar-refractivity contribution < 1.29 is 29.0 Å². The first-order chi connectivity index (χ1) is 14.6. The Morgan fingerprint density at radius 3 is 2.12 bits per heavy atom. The second-order valence-corrected chi connectivity index (χ2v) is 10.9. The molecule has 0 fully saturated rings. The minimum Gasteiger partial charge on any atom is -0.465 e. The number of hydrogen-bond donors (Lipinski definition) is 0. The maximum Gasteiger partial charge on any atom is 0.310 e. The van der Waals surface area contributed by atoms with Crippen molar-refractivity contribution in [3.05, 3.63) is 45.9 Å². The number of ether oxygens (including phenoxy) is 1. The molecule has 0 aliphatic carbocycles. The quantitative estimate of drug-likeness (QED) is 0.138. The highest BCUT2D eigenvalue weighted by molar-refractivity contribution is 8.45. The van der Waals surface area contributed by atoms with Crippen molar-refractivity contribution >= 4 is 40.6 Å². The number of aromatic nitrogens is 2. The molecule has 32 heavy (non-hydrogen) atoms. The van der Waals surface area contributed by atoms with Crippen LogP contribution in [0.15, 0.2) is 41.4 Å². The Balaban J connectivity index is 2.04. The highest BCUT2D eigenvalue weighted by atomic mass is 32.5. The van der Waals surface area contributed by atoms with Gasteiger partial charge in [-0.05, 0) is 61.8 Å². The Morgan fingerprint density at radius 1 is 0.969 bits per heavy atom. The van der Waals surface area contributed by atoms with Gasteiger partial charge in [-0.25, -0.2) is 0 Å². The largest absolute Gasteiger partial charge is 0.465 e. The van der Waals surface area contributed by atoms with Crippen molar-refractivity contribution in [2.24, 2.45) is 5.92 Å². The molecule has 2 rings (SSSR count). The third-order valence-electron chi connectivity index (χ3n) is 4.62. The van der Waals surface area contributed by atoms with Gasteiger partial charge in [-0.2, -0.15) is 0 Å². The minimum atomic E-state index is -9.73. The topological polar surface area (TPSA) is 36.2 Å². The van der Waals surface area contributed by atoms with E-state index in [1.165, 1.54) is 10.8 Å². The van der Waals surface area contributed by atoms with Crippen LogP contribution in [0, 0.1) is 15.3 Å². The van der Waals surface area contributed by atoms with Crippen LogP contribution in [0.5, 0.6) is 0 Å². The average molecular weight is 517 g/mol. The number of rotatable bonds is 10. The lowest BCUT2D eigenvalue weighted by Gasteiger charge is -2.40. The van der Waals surface area contributed by atoms with Gasteiger partial charge in [0.1, 0.15) is 9.54 Å². The Morgan fingerprint density at radius 2 is 1.56 bits per heavy atom. The highest BCUT2D eigenvalue weighted by Crippen LogP contribution is 3.02. The molecule has 0 unspecified atom stereocenters. The molecular formula is C20H25F5N2O2S3. The van der Waals surface area contributed by atoms with E-state index in [0.717, 1.165) is 37.8 Å². The van der Waals surface area contributed by atoms with E-state index < -0.39 is 15.1 Å². The zero-order valence-electron chi connectivity index (χ0n) is 17.6. The van der Waals surface area contributed by atoms with Gasteiger partial charge < -0.3 is 9.30 Å². The van der Waals surface area contributed by atoms with Gasteiger partial charge in [-0.1, -0.05) is 51.9 Å². The Hall–Kier alpha value is -1.79. The number of nitrogens with zero attached hydrogens (tertiary/aromatic N) is 2. The molecule has 0 radical (unpaired) electrons. The fraction of sp³-hybridized carbons (Fsp3) is 0.450. The van der Waals surface area contributed by atoms with Gasteiger partial charge >= 0.3 is 16.2 Å². The van der Waals surface area contributed by atoms with E-state index >= 15 is 0 Å². The number of hydrogen-bond acceptors (Lipinski definition) is 4. The number of carbonyl (C=O) groups is 1. The van der Waals surface area contributed by atoms with Crippen molar-refractivity contribution in [1.29, 1.82) is 0 Å². The van der Waals surface area contributed by atoms with E-state index in [2.05, 4.69) is 0 Å². The molecule has 0 aliphatic rings. The van der Waals surface area contributed by atoms with E-state index in [9.17, 15) is 24.2 Å². The summed E-state index contributed by atoms with van der Waals surface area (Å²) in [6, 6.07) is 4.20. The van der Waals surface area contributed by atoms with Crippen molar-refractivity contribution in [1.82, 2.24) is 9.13 Å². The molecule has 0 bridgehead atoms. The maximum absolute atomic E-state index is 12.9. The third-order valence-corrected chi connectivity index (χ3v) is 6.56. The molecule has 4 nitrogen and oxygen atoms in total. The van der Waals surface area contributed by atoms with Crippen LogP contribution in [0.2, 0.25) is 0 Å². The zero-order chi connectivity index (χ0) is 24.2. The van der Waals surface area contributed by atoms with Crippen molar-refractivity contribution in [2.45, 2.75) is 51.0 Å². The summed E-state index contributed by atoms with van der Waals surface area (Å²) in [5.74, 6) is -0.385. The second kappa shape index (κ2) is 9.22. The number of benzene rings is 1. The molecule has 0 N–H and O–H groups in total. The van der Waals surface area contributed by atoms with E-state index in [-0.39, 0.29) is 22.3 Å². The number of esters is 1. The van der Waals surface area contributed by atoms with Crippen LogP contribution in [-0.4, -0.2) is 21.7 Å². The molecule has 180 valence electrons. The molecule has 0 saturated carbocycles. The summed E-state index contributed by atoms with van der Waals surface area (Å²) in [5, 5.41) is 0. The van der Waals surface area contributed by atoms with Gasteiger partial charge in [0.05, 0.1) is 12.5 Å². The summed E-state index contributed by atoms with van der Waals surface area (Å²) < 4.78 is 73.6. The molecule has 1 heterocycles. The first-order valence-corrected chi connectivity index (χ1v) is 12.7. The first-order valence-electron chi connectivity index (χ1n) is 9.94. The predicted molar refractivity (Wildman–Crippen MR) is 121 cm³/mol. The standard InChI is InChI=1S/C20H25F5N2O2S3/c1-15(2)19(28)29-14-6-4-3-5-12-27-18(30)11-13-26(20(27)31)16-7-9-17(10-8-16)32(21,22,23,24)25/h7-11,13,15H,3-6,12,14H2,1-2H3. The monoisotopic (exact) mass is 516 g/mol. The highest BCUT2D eigenvalue weighted by Gasteiger charge is 2.65. The van der Waals surface area contributed by atoms with Gasteiger partial charge in [-0.3, -0.25) is 9.36 Å². The molecule has 0 amide bonds. The summed E-state index contributed by atoms with van der Waals surface area (Å²) >= 11 is 10.7.